The highest BCUT2D eigenvalue weighted by Gasteiger charge is 2.15. The Morgan fingerprint density at radius 1 is 1.39 bits per heavy atom. The molecule has 18 heavy (non-hydrogen) atoms. The molecule has 0 aliphatic rings. The Balaban J connectivity index is 2.37. The Hall–Kier alpha value is -1.08. The number of rotatable bonds is 4. The second kappa shape index (κ2) is 5.71. The molecule has 0 unspecified atom stereocenters. The largest absolute Gasteiger partial charge is 0.438 e. The highest BCUT2D eigenvalue weighted by Crippen LogP contribution is 2.30. The molecule has 1 heterocycles. The maximum Gasteiger partial charge on any atom is 0.221 e. The van der Waals surface area contributed by atoms with Gasteiger partial charge in [0.2, 0.25) is 5.88 Å². The molecule has 0 saturated carbocycles. The average molecular weight is 357 g/mol. The average Bonchev–Trinajstić information content (AvgIpc) is 2.59. The van der Waals surface area contributed by atoms with E-state index in [9.17, 15) is 0 Å². The van der Waals surface area contributed by atoms with Gasteiger partial charge in [0.15, 0.2) is 0 Å². The zero-order valence-corrected chi connectivity index (χ0v) is 12.6. The van der Waals surface area contributed by atoms with Crippen molar-refractivity contribution >= 4 is 22.6 Å². The lowest BCUT2D eigenvalue weighted by atomic mass is 10.2. The van der Waals surface area contributed by atoms with Gasteiger partial charge in [0.1, 0.15) is 5.75 Å². The third kappa shape index (κ3) is 2.67. The molecule has 0 fully saturated rings. The summed E-state index contributed by atoms with van der Waals surface area (Å²) < 4.78 is 8.83. The van der Waals surface area contributed by atoms with Crippen molar-refractivity contribution in [3.05, 3.63) is 39.1 Å². The second-order valence-corrected chi connectivity index (χ2v) is 5.23. The molecule has 4 nitrogen and oxygen atoms in total. The number of hydrogen-bond acceptors (Lipinski definition) is 3. The van der Waals surface area contributed by atoms with Gasteiger partial charge < -0.3 is 10.5 Å². The monoisotopic (exact) mass is 357 g/mol. The second-order valence-electron chi connectivity index (χ2n) is 4.06. The Morgan fingerprint density at radius 2 is 2.11 bits per heavy atom. The standard InChI is InChI=1S/C13H16IN3O/c1-9-10(7-8-15)13(17(2)16-9)18-12-6-4-3-5-11(12)14/h3-6H,7-8,15H2,1-2H3. The van der Waals surface area contributed by atoms with E-state index in [-0.39, 0.29) is 0 Å². The lowest BCUT2D eigenvalue weighted by Crippen LogP contribution is -2.05. The van der Waals surface area contributed by atoms with Gasteiger partial charge in [-0.2, -0.15) is 5.10 Å². The first kappa shape index (κ1) is 13.4. The number of hydrogen-bond donors (Lipinski definition) is 1. The van der Waals surface area contributed by atoms with Gasteiger partial charge in [-0.05, 0) is 54.6 Å². The summed E-state index contributed by atoms with van der Waals surface area (Å²) in [5.41, 5.74) is 7.70. The van der Waals surface area contributed by atoms with Gasteiger partial charge in [0.25, 0.3) is 0 Å². The smallest absolute Gasteiger partial charge is 0.221 e. The van der Waals surface area contributed by atoms with Crippen molar-refractivity contribution in [2.24, 2.45) is 12.8 Å². The number of ether oxygens (including phenoxy) is 1. The summed E-state index contributed by atoms with van der Waals surface area (Å²) >= 11 is 2.26. The van der Waals surface area contributed by atoms with Crippen molar-refractivity contribution in [2.45, 2.75) is 13.3 Å². The van der Waals surface area contributed by atoms with Crippen molar-refractivity contribution < 1.29 is 4.74 Å². The van der Waals surface area contributed by atoms with Crippen LogP contribution in [0.2, 0.25) is 0 Å². The van der Waals surface area contributed by atoms with Crippen molar-refractivity contribution in [3.63, 3.8) is 0 Å². The summed E-state index contributed by atoms with van der Waals surface area (Å²) in [6.07, 6.45) is 0.776. The van der Waals surface area contributed by atoms with E-state index < -0.39 is 0 Å². The minimum Gasteiger partial charge on any atom is -0.438 e. The van der Waals surface area contributed by atoms with Crippen LogP contribution in [0.5, 0.6) is 11.6 Å². The Labute approximate surface area is 120 Å². The first-order valence-electron chi connectivity index (χ1n) is 5.78. The molecule has 5 heteroatoms. The van der Waals surface area contributed by atoms with E-state index in [0.29, 0.717) is 6.54 Å². The molecule has 2 aromatic rings. The fourth-order valence-corrected chi connectivity index (χ4v) is 2.37. The van der Waals surface area contributed by atoms with Gasteiger partial charge in [-0.15, -0.1) is 0 Å². The highest BCUT2D eigenvalue weighted by molar-refractivity contribution is 14.1. The molecule has 2 N–H and O–H groups in total. The Kier molecular flexibility index (Phi) is 4.23. The number of nitrogens with two attached hydrogens (primary N) is 1. The molecule has 0 radical (unpaired) electrons. The first-order chi connectivity index (χ1) is 8.63. The maximum absolute atomic E-state index is 5.98. The molecule has 0 saturated heterocycles. The van der Waals surface area contributed by atoms with Gasteiger partial charge in [-0.1, -0.05) is 12.1 Å². The first-order valence-corrected chi connectivity index (χ1v) is 6.86. The van der Waals surface area contributed by atoms with Crippen LogP contribution in [-0.4, -0.2) is 16.3 Å². The van der Waals surface area contributed by atoms with Crippen LogP contribution < -0.4 is 10.5 Å². The van der Waals surface area contributed by atoms with E-state index in [4.69, 9.17) is 10.5 Å². The molecule has 1 aromatic heterocycles. The topological polar surface area (TPSA) is 53.1 Å². The fraction of sp³-hybridized carbons (Fsp3) is 0.308. The molecule has 0 aliphatic heterocycles. The number of halogens is 1. The van der Waals surface area contributed by atoms with Crippen LogP contribution >= 0.6 is 22.6 Å². The number of para-hydroxylation sites is 1. The third-order valence-corrected chi connectivity index (χ3v) is 3.62. The van der Waals surface area contributed by atoms with Gasteiger partial charge in [-0.3, -0.25) is 0 Å². The van der Waals surface area contributed by atoms with Crippen molar-refractivity contribution in [3.8, 4) is 11.6 Å². The Morgan fingerprint density at radius 3 is 2.78 bits per heavy atom. The summed E-state index contributed by atoms with van der Waals surface area (Å²) in [6, 6.07) is 7.92. The number of aromatic nitrogens is 2. The summed E-state index contributed by atoms with van der Waals surface area (Å²) in [7, 11) is 1.89. The molecule has 0 atom stereocenters. The molecular formula is C13H16IN3O. The molecule has 2 rings (SSSR count). The molecule has 0 amide bonds. The summed E-state index contributed by atoms with van der Waals surface area (Å²) in [5.74, 6) is 1.63. The predicted molar refractivity (Wildman–Crippen MR) is 79.9 cm³/mol. The molecule has 0 aliphatic carbocycles. The van der Waals surface area contributed by atoms with Gasteiger partial charge in [-0.25, -0.2) is 4.68 Å². The molecule has 96 valence electrons. The minimum absolute atomic E-state index is 0.592. The van der Waals surface area contributed by atoms with Gasteiger partial charge >= 0.3 is 0 Å². The van der Waals surface area contributed by atoms with Crippen LogP contribution in [0, 0.1) is 10.5 Å². The van der Waals surface area contributed by atoms with E-state index >= 15 is 0 Å². The maximum atomic E-state index is 5.98. The van der Waals surface area contributed by atoms with E-state index in [2.05, 4.69) is 27.7 Å². The lowest BCUT2D eigenvalue weighted by Gasteiger charge is -2.09. The van der Waals surface area contributed by atoms with E-state index in [0.717, 1.165) is 32.9 Å². The zero-order valence-electron chi connectivity index (χ0n) is 10.5. The SMILES string of the molecule is Cc1nn(C)c(Oc2ccccc2I)c1CCN. The number of benzene rings is 1. The van der Waals surface area contributed by atoms with Crippen molar-refractivity contribution in [1.29, 1.82) is 0 Å². The minimum atomic E-state index is 0.592. The van der Waals surface area contributed by atoms with Gasteiger partial charge in [0.05, 0.1) is 9.26 Å². The zero-order chi connectivity index (χ0) is 13.1. The summed E-state index contributed by atoms with van der Waals surface area (Å²) in [6.45, 7) is 2.57. The quantitative estimate of drug-likeness (QED) is 0.856. The molecule has 0 spiro atoms. The molecule has 0 bridgehead atoms. The molecule has 1 aromatic carbocycles. The summed E-state index contributed by atoms with van der Waals surface area (Å²) in [5, 5.41) is 4.39. The highest BCUT2D eigenvalue weighted by atomic mass is 127. The van der Waals surface area contributed by atoms with Crippen LogP contribution in [0.1, 0.15) is 11.3 Å². The van der Waals surface area contributed by atoms with E-state index in [1.165, 1.54) is 0 Å². The van der Waals surface area contributed by atoms with Crippen LogP contribution in [0.25, 0.3) is 0 Å². The number of nitrogens with zero attached hydrogens (tertiary/aromatic N) is 2. The fourth-order valence-electron chi connectivity index (χ4n) is 1.87. The van der Waals surface area contributed by atoms with Crippen LogP contribution in [-0.2, 0) is 13.5 Å². The lowest BCUT2D eigenvalue weighted by molar-refractivity contribution is 0.423. The normalized spacial score (nSPS) is 10.7. The van der Waals surface area contributed by atoms with Crippen LogP contribution in [0.3, 0.4) is 0 Å². The van der Waals surface area contributed by atoms with E-state index in [1.807, 2.05) is 38.2 Å². The van der Waals surface area contributed by atoms with Gasteiger partial charge in [0, 0.05) is 12.6 Å². The third-order valence-electron chi connectivity index (χ3n) is 2.73. The Bertz CT molecular complexity index is 551. The van der Waals surface area contributed by atoms with Crippen molar-refractivity contribution in [1.82, 2.24) is 9.78 Å². The van der Waals surface area contributed by atoms with E-state index in [1.54, 1.807) is 4.68 Å². The molecular weight excluding hydrogens is 341 g/mol. The summed E-state index contributed by atoms with van der Waals surface area (Å²) in [4.78, 5) is 0. The van der Waals surface area contributed by atoms with Crippen LogP contribution in [0.4, 0.5) is 0 Å². The predicted octanol–water partition coefficient (Wildman–Crippen LogP) is 2.63. The van der Waals surface area contributed by atoms with Crippen LogP contribution in [0.15, 0.2) is 24.3 Å². The van der Waals surface area contributed by atoms with Crippen molar-refractivity contribution in [2.75, 3.05) is 6.54 Å². The number of aryl methyl sites for hydroxylation is 2.